The third kappa shape index (κ3) is 4.36. The molecule has 5 heteroatoms. The molecule has 0 aliphatic carbocycles. The number of nitrogens with zero attached hydrogens (tertiary/aromatic N) is 1. The highest BCUT2D eigenvalue weighted by atomic mass is 19.1. The van der Waals surface area contributed by atoms with Gasteiger partial charge in [0.1, 0.15) is 17.3 Å². The highest BCUT2D eigenvalue weighted by molar-refractivity contribution is 5.71. The molecule has 2 atom stereocenters. The molecule has 30 heavy (non-hydrogen) atoms. The first-order chi connectivity index (χ1) is 14.5. The topological polar surface area (TPSA) is 74.2 Å². The Hall–Kier alpha value is -3.18. The van der Waals surface area contributed by atoms with E-state index in [0.29, 0.717) is 30.2 Å². The van der Waals surface area contributed by atoms with Crippen LogP contribution >= 0.6 is 0 Å². The molecule has 4 nitrogen and oxygen atoms in total. The molecule has 0 amide bonds. The number of nitrogens with two attached hydrogens (primary N) is 2. The number of hydrogen-bond acceptors (Lipinski definition) is 4. The second-order valence-corrected chi connectivity index (χ2v) is 7.44. The van der Waals surface area contributed by atoms with Crippen LogP contribution in [0.5, 0.6) is 5.75 Å². The Kier molecular flexibility index (Phi) is 6.85. The van der Waals surface area contributed by atoms with Crippen molar-refractivity contribution in [3.63, 3.8) is 0 Å². The molecule has 4 rings (SSSR count). The third-order valence-corrected chi connectivity index (χ3v) is 5.20. The maximum Gasteiger partial charge on any atom is 0.149 e. The van der Waals surface area contributed by atoms with E-state index < -0.39 is 0 Å². The van der Waals surface area contributed by atoms with Gasteiger partial charge in [0, 0.05) is 29.5 Å². The van der Waals surface area contributed by atoms with Crippen molar-refractivity contribution < 1.29 is 9.13 Å². The first kappa shape index (κ1) is 21.5. The second kappa shape index (κ2) is 9.55. The van der Waals surface area contributed by atoms with E-state index in [9.17, 15) is 4.39 Å². The number of pyridine rings is 1. The molecule has 2 heterocycles. The van der Waals surface area contributed by atoms with Crippen LogP contribution in [0.25, 0.3) is 11.3 Å². The van der Waals surface area contributed by atoms with Gasteiger partial charge in [0.2, 0.25) is 0 Å². The van der Waals surface area contributed by atoms with Gasteiger partial charge >= 0.3 is 0 Å². The Bertz CT molecular complexity index is 1020. The highest BCUT2D eigenvalue weighted by Gasteiger charge is 2.29. The summed E-state index contributed by atoms with van der Waals surface area (Å²) in [6.45, 7) is 8.22. The van der Waals surface area contributed by atoms with Gasteiger partial charge in [0.25, 0.3) is 0 Å². The van der Waals surface area contributed by atoms with Crippen molar-refractivity contribution >= 4 is 0 Å². The molecule has 2 unspecified atom stereocenters. The zero-order valence-corrected chi connectivity index (χ0v) is 17.4. The normalized spacial score (nSPS) is 15.4. The van der Waals surface area contributed by atoms with Crippen molar-refractivity contribution in [2.75, 3.05) is 13.2 Å². The molecule has 0 saturated carbocycles. The summed E-state index contributed by atoms with van der Waals surface area (Å²) in [5.41, 5.74) is 15.8. The molecule has 0 spiro atoms. The monoisotopic (exact) mass is 405 g/mol. The molecule has 3 aromatic rings. The van der Waals surface area contributed by atoms with Gasteiger partial charge in [0.05, 0.1) is 12.3 Å². The Morgan fingerprint density at radius 2 is 1.93 bits per heavy atom. The summed E-state index contributed by atoms with van der Waals surface area (Å²) in [5.74, 6) is 0.595. The molecule has 1 aliphatic rings. The SMILES string of the molecule is C=CN.Cc1ccc(F)c(-c2nc(C(CN)c3ccccc3)cc3c2OCC3C)c1. The van der Waals surface area contributed by atoms with Crippen molar-refractivity contribution in [1.29, 1.82) is 0 Å². The Balaban J connectivity index is 0.000000806. The van der Waals surface area contributed by atoms with E-state index in [1.165, 1.54) is 12.3 Å². The highest BCUT2D eigenvalue weighted by Crippen LogP contribution is 2.43. The van der Waals surface area contributed by atoms with E-state index in [0.717, 1.165) is 22.4 Å². The number of ether oxygens (including phenoxy) is 1. The molecule has 1 aromatic heterocycles. The van der Waals surface area contributed by atoms with Crippen LogP contribution in [0.15, 0.2) is 67.4 Å². The lowest BCUT2D eigenvalue weighted by Gasteiger charge is -2.18. The Morgan fingerprint density at radius 1 is 1.23 bits per heavy atom. The van der Waals surface area contributed by atoms with Crippen LogP contribution in [-0.4, -0.2) is 18.1 Å². The first-order valence-corrected chi connectivity index (χ1v) is 10.0. The van der Waals surface area contributed by atoms with Crippen molar-refractivity contribution in [1.82, 2.24) is 4.98 Å². The van der Waals surface area contributed by atoms with Gasteiger partial charge < -0.3 is 16.2 Å². The third-order valence-electron chi connectivity index (χ3n) is 5.20. The smallest absolute Gasteiger partial charge is 0.149 e. The summed E-state index contributed by atoms with van der Waals surface area (Å²) in [7, 11) is 0. The number of halogens is 1. The van der Waals surface area contributed by atoms with Crippen molar-refractivity contribution in [2.45, 2.75) is 25.7 Å². The fourth-order valence-electron chi connectivity index (χ4n) is 3.68. The maximum atomic E-state index is 14.6. The number of aryl methyl sites for hydroxylation is 1. The predicted octanol–water partition coefficient (Wildman–Crippen LogP) is 4.87. The summed E-state index contributed by atoms with van der Waals surface area (Å²) in [5, 5.41) is 0. The minimum atomic E-state index is -0.292. The minimum absolute atomic E-state index is 0.0454. The van der Waals surface area contributed by atoms with E-state index in [2.05, 4.69) is 37.4 Å². The second-order valence-electron chi connectivity index (χ2n) is 7.44. The number of aromatic nitrogens is 1. The van der Waals surface area contributed by atoms with Gasteiger partial charge in [-0.3, -0.25) is 0 Å². The standard InChI is InChI=1S/C23H23FN2O.C2H5N/c1-14-8-9-20(24)18(10-14)22-23-17(15(2)13-27-23)11-21(26-22)19(12-25)16-6-4-3-5-7-16;1-2-3/h3-11,15,19H,12-13,25H2,1-2H3;2H,1,3H2. The number of rotatable bonds is 4. The molecular formula is C25H28FN3O. The van der Waals surface area contributed by atoms with Crippen LogP contribution < -0.4 is 16.2 Å². The Morgan fingerprint density at radius 3 is 2.60 bits per heavy atom. The van der Waals surface area contributed by atoms with Crippen molar-refractivity contribution in [2.24, 2.45) is 11.5 Å². The van der Waals surface area contributed by atoms with Crippen LogP contribution in [0.2, 0.25) is 0 Å². The molecule has 0 fully saturated rings. The van der Waals surface area contributed by atoms with Crippen LogP contribution in [-0.2, 0) is 0 Å². The molecule has 0 radical (unpaired) electrons. The van der Waals surface area contributed by atoms with Gasteiger partial charge in [-0.05, 0) is 36.9 Å². The lowest BCUT2D eigenvalue weighted by atomic mass is 9.91. The van der Waals surface area contributed by atoms with Crippen LogP contribution in [0, 0.1) is 12.7 Å². The maximum absolute atomic E-state index is 14.6. The average molecular weight is 406 g/mol. The molecule has 4 N–H and O–H groups in total. The molecule has 0 bridgehead atoms. The van der Waals surface area contributed by atoms with E-state index in [4.69, 9.17) is 15.5 Å². The number of benzene rings is 2. The lowest BCUT2D eigenvalue weighted by Crippen LogP contribution is -2.16. The summed E-state index contributed by atoms with van der Waals surface area (Å²) in [4.78, 5) is 4.85. The van der Waals surface area contributed by atoms with Gasteiger partial charge in [-0.25, -0.2) is 9.37 Å². The van der Waals surface area contributed by atoms with Crippen molar-refractivity contribution in [3.8, 4) is 17.0 Å². The van der Waals surface area contributed by atoms with E-state index in [-0.39, 0.29) is 17.7 Å². The molecule has 2 aromatic carbocycles. The van der Waals surface area contributed by atoms with Gasteiger partial charge in [-0.15, -0.1) is 0 Å². The molecule has 1 aliphatic heterocycles. The fourth-order valence-corrected chi connectivity index (χ4v) is 3.68. The lowest BCUT2D eigenvalue weighted by molar-refractivity contribution is 0.337. The first-order valence-electron chi connectivity index (χ1n) is 10.0. The van der Waals surface area contributed by atoms with E-state index >= 15 is 0 Å². The van der Waals surface area contributed by atoms with E-state index in [1.807, 2.05) is 31.2 Å². The van der Waals surface area contributed by atoms with Crippen molar-refractivity contribution in [3.05, 3.63) is 95.6 Å². The van der Waals surface area contributed by atoms with Gasteiger partial charge in [-0.2, -0.15) is 0 Å². The van der Waals surface area contributed by atoms with Crippen LogP contribution in [0.1, 0.15) is 41.1 Å². The average Bonchev–Trinajstić information content (AvgIpc) is 3.12. The summed E-state index contributed by atoms with van der Waals surface area (Å²) < 4.78 is 20.5. The fraction of sp³-hybridized carbons (Fsp3) is 0.240. The van der Waals surface area contributed by atoms with E-state index in [1.54, 1.807) is 6.07 Å². The summed E-state index contributed by atoms with van der Waals surface area (Å²) >= 11 is 0. The zero-order chi connectivity index (χ0) is 21.7. The predicted molar refractivity (Wildman–Crippen MR) is 120 cm³/mol. The molecule has 0 saturated heterocycles. The number of fused-ring (bicyclic) bond motifs is 1. The molecule has 156 valence electrons. The van der Waals surface area contributed by atoms with Gasteiger partial charge in [0.15, 0.2) is 0 Å². The van der Waals surface area contributed by atoms with Crippen LogP contribution in [0.4, 0.5) is 4.39 Å². The Labute approximate surface area is 177 Å². The largest absolute Gasteiger partial charge is 0.490 e. The summed E-state index contributed by atoms with van der Waals surface area (Å²) in [6, 6.07) is 17.2. The minimum Gasteiger partial charge on any atom is -0.490 e. The zero-order valence-electron chi connectivity index (χ0n) is 17.4. The summed E-state index contributed by atoms with van der Waals surface area (Å²) in [6.07, 6.45) is 1.25. The van der Waals surface area contributed by atoms with Gasteiger partial charge in [-0.1, -0.05) is 55.5 Å². The quantitative estimate of drug-likeness (QED) is 0.649. The molecular weight excluding hydrogens is 377 g/mol. The van der Waals surface area contributed by atoms with Crippen LogP contribution in [0.3, 0.4) is 0 Å². The number of hydrogen-bond donors (Lipinski definition) is 2.